The van der Waals surface area contributed by atoms with Gasteiger partial charge in [-0.3, -0.25) is 9.88 Å². The molecule has 0 aromatic carbocycles. The summed E-state index contributed by atoms with van der Waals surface area (Å²) in [5.74, 6) is 0.876. The minimum Gasteiger partial charge on any atom is -0.300 e. The van der Waals surface area contributed by atoms with E-state index in [1.165, 1.54) is 57.3 Å². The van der Waals surface area contributed by atoms with Gasteiger partial charge in [0.15, 0.2) is 0 Å². The number of hydrogen-bond donors (Lipinski definition) is 0. The van der Waals surface area contributed by atoms with Crippen LogP contribution in [0, 0.1) is 5.92 Å². The zero-order valence-corrected chi connectivity index (χ0v) is 13.4. The van der Waals surface area contributed by atoms with E-state index in [4.69, 9.17) is 0 Å². The molecule has 0 amide bonds. The van der Waals surface area contributed by atoms with E-state index in [0.29, 0.717) is 0 Å². The summed E-state index contributed by atoms with van der Waals surface area (Å²) in [4.78, 5) is 9.52. The molecule has 3 heterocycles. The van der Waals surface area contributed by atoms with Crippen LogP contribution < -0.4 is 0 Å². The summed E-state index contributed by atoms with van der Waals surface area (Å²) in [7, 11) is 0. The van der Waals surface area contributed by atoms with Crippen molar-refractivity contribution in [3.8, 4) is 0 Å². The maximum Gasteiger partial charge on any atom is 0.0271 e. The lowest BCUT2D eigenvalue weighted by molar-refractivity contribution is 0.0399. The highest BCUT2D eigenvalue weighted by Gasteiger charge is 2.33. The standard InChI is InChI=1S/C18H29N3/c1-2-20(14-16-8-10-19-11-9-16)15-17-6-5-13-21-12-4-3-7-18(17)21/h8-11,17-18H,2-7,12-15H2,1H3/t17-,18+/m0/s1. The smallest absolute Gasteiger partial charge is 0.0271 e. The van der Waals surface area contributed by atoms with Crippen molar-refractivity contribution < 1.29 is 0 Å². The number of hydrogen-bond acceptors (Lipinski definition) is 3. The SMILES string of the molecule is CCN(Cc1ccncc1)C[C@@H]1CCCN2CCCC[C@H]12. The van der Waals surface area contributed by atoms with Gasteiger partial charge < -0.3 is 4.90 Å². The number of fused-ring (bicyclic) bond motifs is 1. The van der Waals surface area contributed by atoms with Crippen molar-refractivity contribution in [1.29, 1.82) is 0 Å². The molecule has 2 aliphatic rings. The van der Waals surface area contributed by atoms with Gasteiger partial charge in [-0.1, -0.05) is 13.3 Å². The Hall–Kier alpha value is -0.930. The highest BCUT2D eigenvalue weighted by molar-refractivity contribution is 5.09. The third kappa shape index (κ3) is 3.83. The highest BCUT2D eigenvalue weighted by atomic mass is 15.2. The van der Waals surface area contributed by atoms with Crippen LogP contribution in [0.4, 0.5) is 0 Å². The third-order valence-electron chi connectivity index (χ3n) is 5.32. The Balaban J connectivity index is 1.60. The molecule has 3 rings (SSSR count). The minimum absolute atomic E-state index is 0.860. The Morgan fingerprint density at radius 3 is 2.76 bits per heavy atom. The largest absolute Gasteiger partial charge is 0.300 e. The van der Waals surface area contributed by atoms with E-state index < -0.39 is 0 Å². The lowest BCUT2D eigenvalue weighted by atomic mass is 9.83. The molecule has 0 bridgehead atoms. The lowest BCUT2D eigenvalue weighted by Crippen LogP contribution is -2.50. The molecule has 0 aliphatic carbocycles. The quantitative estimate of drug-likeness (QED) is 0.829. The molecule has 3 heteroatoms. The molecule has 2 atom stereocenters. The Morgan fingerprint density at radius 1 is 1.14 bits per heavy atom. The second-order valence-electron chi connectivity index (χ2n) is 6.68. The summed E-state index contributed by atoms with van der Waals surface area (Å²) in [5, 5.41) is 0. The summed E-state index contributed by atoms with van der Waals surface area (Å²) in [6, 6.07) is 5.16. The Morgan fingerprint density at radius 2 is 1.95 bits per heavy atom. The van der Waals surface area contributed by atoms with Crippen molar-refractivity contribution in [1.82, 2.24) is 14.8 Å². The highest BCUT2D eigenvalue weighted by Crippen LogP contribution is 2.31. The number of pyridine rings is 1. The molecule has 0 N–H and O–H groups in total. The fourth-order valence-corrected chi connectivity index (χ4v) is 4.17. The van der Waals surface area contributed by atoms with Crippen LogP contribution >= 0.6 is 0 Å². The van der Waals surface area contributed by atoms with Crippen molar-refractivity contribution >= 4 is 0 Å². The normalized spacial score (nSPS) is 26.8. The first-order valence-corrected chi connectivity index (χ1v) is 8.72. The molecule has 2 aliphatic heterocycles. The van der Waals surface area contributed by atoms with Gasteiger partial charge in [-0.15, -0.1) is 0 Å². The third-order valence-corrected chi connectivity index (χ3v) is 5.32. The molecular weight excluding hydrogens is 258 g/mol. The van der Waals surface area contributed by atoms with E-state index in [1.54, 1.807) is 0 Å². The van der Waals surface area contributed by atoms with Gasteiger partial charge in [0.25, 0.3) is 0 Å². The van der Waals surface area contributed by atoms with Gasteiger partial charge >= 0.3 is 0 Å². The van der Waals surface area contributed by atoms with Gasteiger partial charge in [-0.2, -0.15) is 0 Å². The second-order valence-corrected chi connectivity index (χ2v) is 6.68. The van der Waals surface area contributed by atoms with Crippen LogP contribution in [0.3, 0.4) is 0 Å². The van der Waals surface area contributed by atoms with E-state index >= 15 is 0 Å². The van der Waals surface area contributed by atoms with Gasteiger partial charge in [0.05, 0.1) is 0 Å². The molecule has 1 aromatic rings. The van der Waals surface area contributed by atoms with E-state index in [9.17, 15) is 0 Å². The predicted octanol–water partition coefficient (Wildman–Crippen LogP) is 3.17. The Bertz CT molecular complexity index is 418. The van der Waals surface area contributed by atoms with Crippen molar-refractivity contribution in [3.63, 3.8) is 0 Å². The lowest BCUT2D eigenvalue weighted by Gasteiger charge is -2.45. The summed E-state index contributed by atoms with van der Waals surface area (Å²) in [6.07, 6.45) is 10.9. The first kappa shape index (κ1) is 15.0. The van der Waals surface area contributed by atoms with Gasteiger partial charge in [0, 0.05) is 31.5 Å². The average Bonchev–Trinajstić information content (AvgIpc) is 2.55. The van der Waals surface area contributed by atoms with Crippen molar-refractivity contribution in [2.45, 2.75) is 51.6 Å². The summed E-state index contributed by atoms with van der Waals surface area (Å²) >= 11 is 0. The molecular formula is C18H29N3. The van der Waals surface area contributed by atoms with Crippen molar-refractivity contribution in [3.05, 3.63) is 30.1 Å². The molecule has 0 saturated carbocycles. The molecule has 2 fully saturated rings. The van der Waals surface area contributed by atoms with E-state index in [1.807, 2.05) is 12.4 Å². The van der Waals surface area contributed by atoms with Gasteiger partial charge in [-0.25, -0.2) is 0 Å². The van der Waals surface area contributed by atoms with Crippen molar-refractivity contribution in [2.24, 2.45) is 5.92 Å². The maximum absolute atomic E-state index is 4.12. The summed E-state index contributed by atoms with van der Waals surface area (Å²) in [6.45, 7) is 8.46. The first-order valence-electron chi connectivity index (χ1n) is 8.72. The fraction of sp³-hybridized carbons (Fsp3) is 0.722. The van der Waals surface area contributed by atoms with Crippen molar-refractivity contribution in [2.75, 3.05) is 26.2 Å². The van der Waals surface area contributed by atoms with Crippen LogP contribution in [0.5, 0.6) is 0 Å². The van der Waals surface area contributed by atoms with Gasteiger partial charge in [0.2, 0.25) is 0 Å². The topological polar surface area (TPSA) is 19.4 Å². The van der Waals surface area contributed by atoms with Crippen LogP contribution in [0.15, 0.2) is 24.5 Å². The Kier molecular flexibility index (Phi) is 5.26. The van der Waals surface area contributed by atoms with E-state index in [2.05, 4.69) is 33.8 Å². The fourth-order valence-electron chi connectivity index (χ4n) is 4.17. The monoisotopic (exact) mass is 287 g/mol. The Labute approximate surface area is 129 Å². The molecule has 2 saturated heterocycles. The number of aromatic nitrogens is 1. The van der Waals surface area contributed by atoms with Crippen LogP contribution in [0.1, 0.15) is 44.6 Å². The van der Waals surface area contributed by atoms with E-state index in [0.717, 1.165) is 25.0 Å². The zero-order chi connectivity index (χ0) is 14.5. The minimum atomic E-state index is 0.860. The molecule has 0 spiro atoms. The molecule has 21 heavy (non-hydrogen) atoms. The summed E-state index contributed by atoms with van der Waals surface area (Å²) < 4.78 is 0. The van der Waals surface area contributed by atoms with Crippen LogP contribution in [0.25, 0.3) is 0 Å². The average molecular weight is 287 g/mol. The second kappa shape index (κ2) is 7.37. The number of nitrogens with zero attached hydrogens (tertiary/aromatic N) is 3. The summed E-state index contributed by atoms with van der Waals surface area (Å²) in [5.41, 5.74) is 1.39. The molecule has 0 unspecified atom stereocenters. The van der Waals surface area contributed by atoms with Crippen LogP contribution in [-0.2, 0) is 6.54 Å². The molecule has 3 nitrogen and oxygen atoms in total. The van der Waals surface area contributed by atoms with Gasteiger partial charge in [-0.05, 0) is 68.9 Å². The first-order chi connectivity index (χ1) is 10.4. The van der Waals surface area contributed by atoms with Crippen LogP contribution in [0.2, 0.25) is 0 Å². The van der Waals surface area contributed by atoms with Crippen LogP contribution in [-0.4, -0.2) is 47.0 Å². The molecule has 0 radical (unpaired) electrons. The zero-order valence-electron chi connectivity index (χ0n) is 13.4. The number of rotatable bonds is 5. The van der Waals surface area contributed by atoms with Gasteiger partial charge in [0.1, 0.15) is 0 Å². The maximum atomic E-state index is 4.12. The molecule has 1 aromatic heterocycles. The predicted molar refractivity (Wildman–Crippen MR) is 87.1 cm³/mol. The number of piperidine rings is 2. The van der Waals surface area contributed by atoms with E-state index in [-0.39, 0.29) is 0 Å². The molecule has 116 valence electrons.